The number of para-hydroxylation sites is 1. The standard InChI is InChI=1S/C23H26FN3O4S/c1-15-13-17-9-5-6-10-21(17)27(15)32(30,31)18-11-12-20(24)19(14-18)23(29)26-25-22(28)16-7-3-2-4-8-16/h5-6,9-12,14-16H,2-4,7-8,13H2,1H3,(H,25,28)(H,26,29). The van der Waals surface area contributed by atoms with Crippen LogP contribution in [0.5, 0.6) is 0 Å². The van der Waals surface area contributed by atoms with E-state index in [-0.39, 0.29) is 22.8 Å². The third-order valence-corrected chi connectivity index (χ3v) is 8.08. The summed E-state index contributed by atoms with van der Waals surface area (Å²) >= 11 is 0. The Bertz CT molecular complexity index is 1150. The van der Waals surface area contributed by atoms with Crippen molar-refractivity contribution in [1.29, 1.82) is 0 Å². The van der Waals surface area contributed by atoms with E-state index < -0.39 is 27.3 Å². The summed E-state index contributed by atoms with van der Waals surface area (Å²) in [6, 6.07) is 10.0. The maximum atomic E-state index is 14.4. The number of sulfonamides is 1. The van der Waals surface area contributed by atoms with Gasteiger partial charge in [-0.15, -0.1) is 0 Å². The first-order valence-corrected chi connectivity index (χ1v) is 12.2. The fourth-order valence-electron chi connectivity index (χ4n) is 4.51. The molecule has 2 aromatic carbocycles. The van der Waals surface area contributed by atoms with Gasteiger partial charge in [0, 0.05) is 12.0 Å². The van der Waals surface area contributed by atoms with Crippen molar-refractivity contribution in [3.8, 4) is 0 Å². The zero-order valence-electron chi connectivity index (χ0n) is 17.8. The van der Waals surface area contributed by atoms with Gasteiger partial charge in [0.15, 0.2) is 0 Å². The van der Waals surface area contributed by atoms with Crippen molar-refractivity contribution in [3.05, 3.63) is 59.4 Å². The van der Waals surface area contributed by atoms with E-state index >= 15 is 0 Å². The molecule has 32 heavy (non-hydrogen) atoms. The maximum absolute atomic E-state index is 14.4. The van der Waals surface area contributed by atoms with E-state index in [0.717, 1.165) is 55.9 Å². The molecular formula is C23H26FN3O4S. The second-order valence-corrected chi connectivity index (χ2v) is 10.2. The van der Waals surface area contributed by atoms with Crippen LogP contribution in [0.15, 0.2) is 47.4 Å². The van der Waals surface area contributed by atoms with Crippen LogP contribution in [0.3, 0.4) is 0 Å². The molecule has 0 aromatic heterocycles. The van der Waals surface area contributed by atoms with Crippen molar-refractivity contribution in [2.45, 2.75) is 56.4 Å². The summed E-state index contributed by atoms with van der Waals surface area (Å²) in [5.74, 6) is -2.27. The van der Waals surface area contributed by atoms with Crippen LogP contribution in [0.4, 0.5) is 10.1 Å². The van der Waals surface area contributed by atoms with E-state index in [9.17, 15) is 22.4 Å². The number of halogens is 1. The molecule has 2 N–H and O–H groups in total. The molecule has 2 aliphatic rings. The van der Waals surface area contributed by atoms with E-state index in [4.69, 9.17) is 0 Å². The zero-order chi connectivity index (χ0) is 22.9. The van der Waals surface area contributed by atoms with Gasteiger partial charge in [-0.1, -0.05) is 37.5 Å². The number of amides is 2. The number of hydrogen-bond acceptors (Lipinski definition) is 4. The van der Waals surface area contributed by atoms with Gasteiger partial charge in [-0.25, -0.2) is 12.8 Å². The second-order valence-electron chi connectivity index (χ2n) is 8.40. The number of nitrogens with one attached hydrogen (secondary N) is 2. The first-order chi connectivity index (χ1) is 15.3. The molecule has 2 aromatic rings. The monoisotopic (exact) mass is 459 g/mol. The Morgan fingerprint density at radius 1 is 1.03 bits per heavy atom. The molecule has 1 unspecified atom stereocenters. The molecule has 0 radical (unpaired) electrons. The molecule has 1 atom stereocenters. The smallest absolute Gasteiger partial charge is 0.272 e. The van der Waals surface area contributed by atoms with Gasteiger partial charge in [-0.05, 0) is 56.0 Å². The van der Waals surface area contributed by atoms with Gasteiger partial charge < -0.3 is 0 Å². The number of rotatable bonds is 4. The molecule has 1 fully saturated rings. The van der Waals surface area contributed by atoms with Crippen LogP contribution in [-0.2, 0) is 21.2 Å². The third kappa shape index (κ3) is 4.21. The minimum Gasteiger partial charge on any atom is -0.273 e. The van der Waals surface area contributed by atoms with E-state index in [1.54, 1.807) is 19.1 Å². The number of hydrogen-bond donors (Lipinski definition) is 2. The van der Waals surface area contributed by atoms with Crippen molar-refractivity contribution in [3.63, 3.8) is 0 Å². The lowest BCUT2D eigenvalue weighted by Crippen LogP contribution is -2.45. The van der Waals surface area contributed by atoms with Crippen LogP contribution in [0, 0.1) is 11.7 Å². The topological polar surface area (TPSA) is 95.6 Å². The van der Waals surface area contributed by atoms with Crippen LogP contribution >= 0.6 is 0 Å². The first-order valence-electron chi connectivity index (χ1n) is 10.8. The molecule has 7 nitrogen and oxygen atoms in total. The van der Waals surface area contributed by atoms with Crippen molar-refractivity contribution in [2.24, 2.45) is 5.92 Å². The van der Waals surface area contributed by atoms with Crippen molar-refractivity contribution >= 4 is 27.5 Å². The highest BCUT2D eigenvalue weighted by Crippen LogP contribution is 2.36. The summed E-state index contributed by atoms with van der Waals surface area (Å²) < 4.78 is 42.4. The van der Waals surface area contributed by atoms with E-state index in [1.165, 1.54) is 4.31 Å². The molecule has 0 saturated heterocycles. The van der Waals surface area contributed by atoms with Gasteiger partial charge in [-0.2, -0.15) is 0 Å². The Morgan fingerprint density at radius 2 is 1.75 bits per heavy atom. The second kappa shape index (κ2) is 8.90. The van der Waals surface area contributed by atoms with Crippen LogP contribution < -0.4 is 15.2 Å². The Balaban J connectivity index is 1.54. The van der Waals surface area contributed by atoms with Gasteiger partial charge in [0.25, 0.3) is 15.9 Å². The Kier molecular flexibility index (Phi) is 6.19. The van der Waals surface area contributed by atoms with Gasteiger partial charge in [0.1, 0.15) is 5.82 Å². The number of carbonyl (C=O) groups is 2. The molecule has 9 heteroatoms. The zero-order valence-corrected chi connectivity index (χ0v) is 18.6. The number of anilines is 1. The normalized spacial score (nSPS) is 18.8. The van der Waals surface area contributed by atoms with Gasteiger partial charge >= 0.3 is 0 Å². The van der Waals surface area contributed by atoms with Crippen molar-refractivity contribution in [2.75, 3.05) is 4.31 Å². The minimum absolute atomic E-state index is 0.183. The van der Waals surface area contributed by atoms with Crippen LogP contribution in [-0.4, -0.2) is 26.3 Å². The Morgan fingerprint density at radius 3 is 2.50 bits per heavy atom. The lowest BCUT2D eigenvalue weighted by molar-refractivity contribution is -0.126. The minimum atomic E-state index is -4.02. The molecular weight excluding hydrogens is 433 g/mol. The van der Waals surface area contributed by atoms with Crippen molar-refractivity contribution in [1.82, 2.24) is 10.9 Å². The molecule has 1 saturated carbocycles. The van der Waals surface area contributed by atoms with Crippen molar-refractivity contribution < 1.29 is 22.4 Å². The molecule has 0 bridgehead atoms. The average molecular weight is 460 g/mol. The Hall–Kier alpha value is -2.94. The lowest BCUT2D eigenvalue weighted by Gasteiger charge is -2.24. The summed E-state index contributed by atoms with van der Waals surface area (Å²) in [5.41, 5.74) is 5.61. The summed E-state index contributed by atoms with van der Waals surface area (Å²) in [7, 11) is -4.02. The summed E-state index contributed by atoms with van der Waals surface area (Å²) in [4.78, 5) is 24.6. The highest BCUT2D eigenvalue weighted by Gasteiger charge is 2.36. The molecule has 170 valence electrons. The molecule has 0 spiro atoms. The average Bonchev–Trinajstić information content (AvgIpc) is 3.14. The summed E-state index contributed by atoms with van der Waals surface area (Å²) in [6.45, 7) is 1.80. The molecule has 4 rings (SSSR count). The van der Waals surface area contributed by atoms with E-state index in [1.807, 2.05) is 12.1 Å². The number of fused-ring (bicyclic) bond motifs is 1. The summed E-state index contributed by atoms with van der Waals surface area (Å²) in [5, 5.41) is 0. The van der Waals surface area contributed by atoms with Gasteiger partial charge in [-0.3, -0.25) is 24.7 Å². The van der Waals surface area contributed by atoms with E-state index in [0.29, 0.717) is 12.1 Å². The molecule has 2 amide bonds. The molecule has 1 aliphatic carbocycles. The number of benzene rings is 2. The fraction of sp³-hybridized carbons (Fsp3) is 0.391. The predicted molar refractivity (Wildman–Crippen MR) is 118 cm³/mol. The first kappa shape index (κ1) is 22.3. The number of carbonyl (C=O) groups excluding carboxylic acids is 2. The van der Waals surface area contributed by atoms with E-state index in [2.05, 4.69) is 10.9 Å². The predicted octanol–water partition coefficient (Wildman–Crippen LogP) is 3.31. The Labute approximate surface area is 187 Å². The van der Waals surface area contributed by atoms with Crippen LogP contribution in [0.2, 0.25) is 0 Å². The largest absolute Gasteiger partial charge is 0.273 e. The van der Waals surface area contributed by atoms with Gasteiger partial charge in [0.05, 0.1) is 16.1 Å². The fourth-order valence-corrected chi connectivity index (χ4v) is 6.23. The molecule has 1 aliphatic heterocycles. The number of hydrazine groups is 1. The molecule has 1 heterocycles. The highest BCUT2D eigenvalue weighted by molar-refractivity contribution is 7.92. The van der Waals surface area contributed by atoms with Gasteiger partial charge in [0.2, 0.25) is 5.91 Å². The SMILES string of the molecule is CC1Cc2ccccc2N1S(=O)(=O)c1ccc(F)c(C(=O)NNC(=O)C2CCCCC2)c1. The third-order valence-electron chi connectivity index (χ3n) is 6.16. The number of nitrogens with zero attached hydrogens (tertiary/aromatic N) is 1. The highest BCUT2D eigenvalue weighted by atomic mass is 32.2. The van der Waals surface area contributed by atoms with Crippen LogP contribution in [0.1, 0.15) is 54.9 Å². The lowest BCUT2D eigenvalue weighted by atomic mass is 9.89. The summed E-state index contributed by atoms with van der Waals surface area (Å²) in [6.07, 6.45) is 5.07. The van der Waals surface area contributed by atoms with Crippen LogP contribution in [0.25, 0.3) is 0 Å². The quantitative estimate of drug-likeness (QED) is 0.686. The maximum Gasteiger partial charge on any atom is 0.272 e.